The highest BCUT2D eigenvalue weighted by Crippen LogP contribution is 2.30. The van der Waals surface area contributed by atoms with Gasteiger partial charge >= 0.3 is 12.1 Å². The van der Waals surface area contributed by atoms with E-state index in [9.17, 15) is 9.59 Å². The van der Waals surface area contributed by atoms with Gasteiger partial charge in [-0.3, -0.25) is 0 Å². The van der Waals surface area contributed by atoms with E-state index in [-0.39, 0.29) is 13.2 Å². The molecule has 0 aliphatic rings. The monoisotopic (exact) mass is 624 g/mol. The van der Waals surface area contributed by atoms with Gasteiger partial charge in [0.1, 0.15) is 24.3 Å². The second kappa shape index (κ2) is 16.7. The normalized spacial score (nSPS) is 11.7. The molecule has 1 amide bonds. The largest absolute Gasteiger partial charge is 0.459 e. The molecule has 0 aliphatic carbocycles. The Kier molecular flexibility index (Phi) is 11.9. The average molecular weight is 625 g/mol. The fourth-order valence-electron chi connectivity index (χ4n) is 5.02. The number of nitrogens with zero attached hydrogens (tertiary/aromatic N) is 1. The van der Waals surface area contributed by atoms with Crippen molar-refractivity contribution in [2.45, 2.75) is 56.4 Å². The SMILES string of the molecule is O=C(N[C@@H](CCCCCCSSc1ccccn1)C(=O)OCc1c2ccccc2cc2ccccc12)OCc1ccccc1. The van der Waals surface area contributed by atoms with E-state index in [1.807, 2.05) is 72.8 Å². The van der Waals surface area contributed by atoms with Crippen molar-refractivity contribution < 1.29 is 19.1 Å². The summed E-state index contributed by atoms with van der Waals surface area (Å²) < 4.78 is 11.3. The molecule has 0 unspecified atom stereocenters. The molecular weight excluding hydrogens is 589 g/mol. The van der Waals surface area contributed by atoms with Gasteiger partial charge in [0.05, 0.1) is 0 Å². The zero-order valence-electron chi connectivity index (χ0n) is 24.5. The summed E-state index contributed by atoms with van der Waals surface area (Å²) in [6.07, 6.45) is 5.50. The minimum Gasteiger partial charge on any atom is -0.459 e. The Morgan fingerprint density at radius 1 is 0.727 bits per heavy atom. The van der Waals surface area contributed by atoms with Crippen molar-refractivity contribution in [1.82, 2.24) is 10.3 Å². The Balaban J connectivity index is 1.17. The summed E-state index contributed by atoms with van der Waals surface area (Å²) in [5, 5.41) is 8.07. The highest BCUT2D eigenvalue weighted by molar-refractivity contribution is 8.76. The van der Waals surface area contributed by atoms with Crippen LogP contribution in [0.5, 0.6) is 0 Å². The molecule has 0 fully saturated rings. The molecule has 6 nitrogen and oxygen atoms in total. The summed E-state index contributed by atoms with van der Waals surface area (Å²) in [6, 6.07) is 33.0. The molecule has 1 N–H and O–H groups in total. The number of rotatable bonds is 15. The van der Waals surface area contributed by atoms with E-state index >= 15 is 0 Å². The average Bonchev–Trinajstić information content (AvgIpc) is 3.07. The van der Waals surface area contributed by atoms with Gasteiger partial charge in [-0.25, -0.2) is 14.6 Å². The summed E-state index contributed by atoms with van der Waals surface area (Å²) in [7, 11) is 3.49. The molecule has 44 heavy (non-hydrogen) atoms. The van der Waals surface area contributed by atoms with E-state index in [0.717, 1.165) is 69.1 Å². The molecule has 0 bridgehead atoms. The summed E-state index contributed by atoms with van der Waals surface area (Å²) in [5.74, 6) is 0.566. The molecule has 5 rings (SSSR count). The third kappa shape index (κ3) is 9.24. The van der Waals surface area contributed by atoms with E-state index < -0.39 is 18.1 Å². The summed E-state index contributed by atoms with van der Waals surface area (Å²) in [4.78, 5) is 30.5. The van der Waals surface area contributed by atoms with Crippen LogP contribution in [0.1, 0.15) is 43.2 Å². The number of unbranched alkanes of at least 4 members (excludes halogenated alkanes) is 3. The minimum absolute atomic E-state index is 0.114. The van der Waals surface area contributed by atoms with Crippen LogP contribution in [0.25, 0.3) is 21.5 Å². The number of carbonyl (C=O) groups excluding carboxylic acids is 2. The molecule has 0 saturated heterocycles. The molecule has 0 aliphatic heterocycles. The van der Waals surface area contributed by atoms with Crippen molar-refractivity contribution in [2.75, 3.05) is 5.75 Å². The smallest absolute Gasteiger partial charge is 0.408 e. The summed E-state index contributed by atoms with van der Waals surface area (Å²) in [5.41, 5.74) is 1.84. The highest BCUT2D eigenvalue weighted by atomic mass is 33.1. The van der Waals surface area contributed by atoms with Crippen LogP contribution in [0.2, 0.25) is 0 Å². The lowest BCUT2D eigenvalue weighted by atomic mass is 9.97. The lowest BCUT2D eigenvalue weighted by molar-refractivity contribution is -0.147. The van der Waals surface area contributed by atoms with Crippen LogP contribution in [0, 0.1) is 0 Å². The predicted molar refractivity (Wildman–Crippen MR) is 180 cm³/mol. The molecule has 226 valence electrons. The zero-order chi connectivity index (χ0) is 30.4. The zero-order valence-corrected chi connectivity index (χ0v) is 26.2. The van der Waals surface area contributed by atoms with Gasteiger partial charge in [0, 0.05) is 17.5 Å². The van der Waals surface area contributed by atoms with Crippen molar-refractivity contribution in [3.8, 4) is 0 Å². The topological polar surface area (TPSA) is 77.5 Å². The molecular formula is C36H36N2O4S2. The maximum atomic E-state index is 13.4. The fourth-order valence-corrected chi connectivity index (χ4v) is 7.05. The molecule has 8 heteroatoms. The maximum Gasteiger partial charge on any atom is 0.408 e. The van der Waals surface area contributed by atoms with Gasteiger partial charge in [0.15, 0.2) is 0 Å². The standard InChI is InChI=1S/C36H36N2O4S2/c39-35(41-26-32-30-18-9-7-16-28(30)24-29-17-8-10-19-31(29)32)33(38-36(40)42-25-27-14-4-3-5-15-27)20-6-1-2-13-23-43-44-34-21-11-12-22-37-34/h3-5,7-12,14-19,21-22,24,33H,1-2,6,13,20,23,25-26H2,(H,38,40)/t33-/m0/s1. The van der Waals surface area contributed by atoms with Gasteiger partial charge in [-0.05, 0) is 68.9 Å². The molecule has 1 atom stereocenters. The molecule has 0 saturated carbocycles. The van der Waals surface area contributed by atoms with Crippen molar-refractivity contribution in [3.05, 3.63) is 120 Å². The van der Waals surface area contributed by atoms with Gasteiger partial charge in [-0.1, -0.05) is 115 Å². The van der Waals surface area contributed by atoms with Crippen LogP contribution >= 0.6 is 21.6 Å². The summed E-state index contributed by atoms with van der Waals surface area (Å²) in [6.45, 7) is 0.244. The highest BCUT2D eigenvalue weighted by Gasteiger charge is 2.23. The molecule has 1 aromatic heterocycles. The number of carbonyl (C=O) groups is 2. The third-order valence-electron chi connectivity index (χ3n) is 7.28. The molecule has 0 spiro atoms. The number of fused-ring (bicyclic) bond motifs is 2. The van der Waals surface area contributed by atoms with Crippen molar-refractivity contribution >= 4 is 55.2 Å². The van der Waals surface area contributed by atoms with Gasteiger partial charge < -0.3 is 14.8 Å². The first-order valence-electron chi connectivity index (χ1n) is 14.9. The Hall–Kier alpha value is -4.01. The first-order chi connectivity index (χ1) is 21.7. The van der Waals surface area contributed by atoms with Crippen LogP contribution in [0.15, 0.2) is 114 Å². The number of hydrogen-bond acceptors (Lipinski definition) is 7. The van der Waals surface area contributed by atoms with Gasteiger partial charge in [-0.2, -0.15) is 0 Å². The fraction of sp³-hybridized carbons (Fsp3) is 0.250. The van der Waals surface area contributed by atoms with E-state index in [1.54, 1.807) is 27.8 Å². The van der Waals surface area contributed by atoms with Crippen molar-refractivity contribution in [2.24, 2.45) is 0 Å². The number of hydrogen-bond donors (Lipinski definition) is 1. The first kappa shape index (κ1) is 31.4. The third-order valence-corrected chi connectivity index (χ3v) is 9.63. The number of aromatic nitrogens is 1. The predicted octanol–water partition coefficient (Wildman–Crippen LogP) is 9.12. The molecule has 0 radical (unpaired) electrons. The Morgan fingerprint density at radius 3 is 2.14 bits per heavy atom. The van der Waals surface area contributed by atoms with E-state index in [4.69, 9.17) is 9.47 Å². The second-order valence-corrected chi connectivity index (χ2v) is 12.9. The molecule has 5 aromatic rings. The number of nitrogens with one attached hydrogen (secondary N) is 1. The second-order valence-electron chi connectivity index (χ2n) is 10.4. The maximum absolute atomic E-state index is 13.4. The summed E-state index contributed by atoms with van der Waals surface area (Å²) >= 11 is 0. The number of pyridine rings is 1. The Labute approximate surface area is 266 Å². The molecule has 4 aromatic carbocycles. The number of amides is 1. The number of esters is 1. The van der Waals surface area contributed by atoms with E-state index in [1.165, 1.54) is 0 Å². The Bertz CT molecular complexity index is 1600. The van der Waals surface area contributed by atoms with Crippen molar-refractivity contribution in [3.63, 3.8) is 0 Å². The van der Waals surface area contributed by atoms with E-state index in [2.05, 4.69) is 40.6 Å². The number of ether oxygens (including phenoxy) is 2. The Morgan fingerprint density at radius 2 is 1.41 bits per heavy atom. The number of alkyl carbamates (subject to hydrolysis) is 1. The quantitative estimate of drug-likeness (QED) is 0.0539. The first-order valence-corrected chi connectivity index (χ1v) is 17.2. The van der Waals surface area contributed by atoms with Crippen molar-refractivity contribution in [1.29, 1.82) is 0 Å². The lowest BCUT2D eigenvalue weighted by Gasteiger charge is -2.19. The van der Waals surface area contributed by atoms with Gasteiger partial charge in [0.25, 0.3) is 0 Å². The van der Waals surface area contributed by atoms with Crippen LogP contribution in [0.4, 0.5) is 4.79 Å². The number of benzene rings is 4. The van der Waals surface area contributed by atoms with Crippen LogP contribution in [0.3, 0.4) is 0 Å². The van der Waals surface area contributed by atoms with Gasteiger partial charge in [-0.15, -0.1) is 0 Å². The van der Waals surface area contributed by atoms with Crippen LogP contribution in [-0.4, -0.2) is 28.8 Å². The minimum atomic E-state index is -0.798. The van der Waals surface area contributed by atoms with Gasteiger partial charge in [0.2, 0.25) is 0 Å². The lowest BCUT2D eigenvalue weighted by Crippen LogP contribution is -2.42. The van der Waals surface area contributed by atoms with Crippen LogP contribution < -0.4 is 5.32 Å². The van der Waals surface area contributed by atoms with E-state index in [0.29, 0.717) is 6.42 Å². The van der Waals surface area contributed by atoms with Crippen LogP contribution in [-0.2, 0) is 27.5 Å². The molecule has 1 heterocycles.